The van der Waals surface area contributed by atoms with Crippen LogP contribution < -0.4 is 29.5 Å². The molecule has 0 aromatic carbocycles. The zero-order chi connectivity index (χ0) is 12.6. The summed E-state index contributed by atoms with van der Waals surface area (Å²) in [7, 11) is 6.28. The smallest absolute Gasteiger partial charge is 0.261 e. The lowest BCUT2D eigenvalue weighted by Crippen LogP contribution is -3.00. The highest BCUT2D eigenvalue weighted by Crippen LogP contribution is 2.17. The van der Waals surface area contributed by atoms with Crippen LogP contribution in [0.15, 0.2) is 16.1 Å². The average molecular weight is 380 g/mol. The first-order valence-corrected chi connectivity index (χ1v) is 6.58. The predicted octanol–water partition coefficient (Wildman–Crippen LogP) is -1.82. The molecule has 0 aliphatic heterocycles. The van der Waals surface area contributed by atoms with E-state index in [4.69, 9.17) is 0 Å². The summed E-state index contributed by atoms with van der Waals surface area (Å²) in [6, 6.07) is 0. The summed E-state index contributed by atoms with van der Waals surface area (Å²) in [5.74, 6) is 0. The molecule has 0 saturated heterocycles. The summed E-state index contributed by atoms with van der Waals surface area (Å²) in [6.07, 6.45) is 3.76. The first kappa shape index (κ1) is 15.5. The fourth-order valence-corrected chi connectivity index (χ4v) is 2.19. The Bertz CT molecular complexity index is 599. The first-order valence-electron chi connectivity index (χ1n) is 5.35. The van der Waals surface area contributed by atoms with Gasteiger partial charge in [-0.2, -0.15) is 0 Å². The van der Waals surface area contributed by atoms with E-state index in [9.17, 15) is 4.79 Å². The Hall–Kier alpha value is -0.540. The largest absolute Gasteiger partial charge is 1.00 e. The second-order valence-corrected chi connectivity index (χ2v) is 5.86. The number of aromatic nitrogens is 3. The van der Waals surface area contributed by atoms with Crippen LogP contribution >= 0.6 is 11.8 Å². The monoisotopic (exact) mass is 380 g/mol. The maximum absolute atomic E-state index is 12.0. The number of hydrogen-bond acceptors (Lipinski definition) is 3. The number of thioether (sulfide) groups is 1. The number of quaternary nitrogens is 1. The molecule has 0 unspecified atom stereocenters. The predicted molar refractivity (Wildman–Crippen MR) is 70.2 cm³/mol. The van der Waals surface area contributed by atoms with Crippen molar-refractivity contribution in [2.45, 2.75) is 11.7 Å². The van der Waals surface area contributed by atoms with Gasteiger partial charge in [-0.25, -0.2) is 4.98 Å². The van der Waals surface area contributed by atoms with Gasteiger partial charge in [-0.05, 0) is 6.26 Å². The highest BCUT2D eigenvalue weighted by molar-refractivity contribution is 7.98. The number of nitrogens with zero attached hydrogens (tertiary/aromatic N) is 2. The lowest BCUT2D eigenvalue weighted by molar-refractivity contribution is -0.883. The Morgan fingerprint density at radius 2 is 2.06 bits per heavy atom. The van der Waals surface area contributed by atoms with Gasteiger partial charge in [0.2, 0.25) is 0 Å². The minimum Gasteiger partial charge on any atom is -1.00 e. The van der Waals surface area contributed by atoms with Gasteiger partial charge in [0, 0.05) is 11.8 Å². The number of H-pyrrole nitrogens is 2. The third-order valence-electron chi connectivity index (χ3n) is 2.44. The molecule has 0 fully saturated rings. The third kappa shape index (κ3) is 3.27. The maximum atomic E-state index is 12.0. The fourth-order valence-electron chi connectivity index (χ4n) is 1.81. The van der Waals surface area contributed by atoms with Crippen LogP contribution in [0.1, 0.15) is 5.56 Å². The molecule has 7 heteroatoms. The van der Waals surface area contributed by atoms with Gasteiger partial charge in [-0.3, -0.25) is 4.79 Å². The lowest BCUT2D eigenvalue weighted by Gasteiger charge is -2.23. The van der Waals surface area contributed by atoms with Crippen molar-refractivity contribution in [1.82, 2.24) is 15.0 Å². The lowest BCUT2D eigenvalue weighted by atomic mass is 10.2. The Kier molecular flexibility index (Phi) is 4.84. The molecular weight excluding hydrogens is 363 g/mol. The Labute approximate surface area is 127 Å². The quantitative estimate of drug-likeness (QED) is 0.286. The molecular formula is C11H17IN4OS. The molecule has 100 valence electrons. The summed E-state index contributed by atoms with van der Waals surface area (Å²) >= 11 is 1.43. The second-order valence-electron chi connectivity index (χ2n) is 5.06. The summed E-state index contributed by atoms with van der Waals surface area (Å²) in [6.45, 7) is 0.795. The summed E-state index contributed by atoms with van der Waals surface area (Å²) in [5.41, 5.74) is 1.61. The van der Waals surface area contributed by atoms with E-state index in [-0.39, 0.29) is 29.5 Å². The van der Waals surface area contributed by atoms with Crippen LogP contribution in [0.2, 0.25) is 0 Å². The van der Waals surface area contributed by atoms with Crippen LogP contribution in [-0.2, 0) is 6.54 Å². The topological polar surface area (TPSA) is 61.5 Å². The van der Waals surface area contributed by atoms with E-state index in [0.29, 0.717) is 16.2 Å². The zero-order valence-corrected chi connectivity index (χ0v) is 13.8. The number of fused-ring (bicyclic) bond motifs is 1. The van der Waals surface area contributed by atoms with Crippen LogP contribution in [-0.4, -0.2) is 46.8 Å². The molecule has 2 N–H and O–H groups in total. The Morgan fingerprint density at radius 1 is 1.39 bits per heavy atom. The second kappa shape index (κ2) is 5.62. The van der Waals surface area contributed by atoms with Gasteiger partial charge in [-0.15, -0.1) is 0 Å². The van der Waals surface area contributed by atoms with Crippen LogP contribution in [0.25, 0.3) is 11.0 Å². The molecule has 0 aliphatic rings. The van der Waals surface area contributed by atoms with E-state index in [0.717, 1.165) is 16.6 Å². The summed E-state index contributed by atoms with van der Waals surface area (Å²) in [4.78, 5) is 22.2. The number of aromatic amines is 2. The van der Waals surface area contributed by atoms with Gasteiger partial charge >= 0.3 is 0 Å². The van der Waals surface area contributed by atoms with E-state index in [1.807, 2.05) is 12.5 Å². The van der Waals surface area contributed by atoms with Crippen molar-refractivity contribution in [1.29, 1.82) is 0 Å². The van der Waals surface area contributed by atoms with Crippen molar-refractivity contribution >= 4 is 22.8 Å². The number of nitrogens with one attached hydrogen (secondary N) is 2. The molecule has 0 spiro atoms. The highest BCUT2D eigenvalue weighted by atomic mass is 127. The van der Waals surface area contributed by atoms with Gasteiger partial charge in [-0.1, -0.05) is 11.8 Å². The zero-order valence-electron chi connectivity index (χ0n) is 10.9. The standard InChI is InChI=1S/C11H16N4OS.HI/c1-15(2,3)6-7-5-12-9-8(7)10(16)14-11(13-9)17-4;/h5H,6H2,1-4H3,(H-,12,13,14,16);1H. The minimum atomic E-state index is -0.0657. The number of halogens is 1. The minimum absolute atomic E-state index is 0. The molecule has 2 heterocycles. The van der Waals surface area contributed by atoms with Gasteiger partial charge in [0.25, 0.3) is 5.56 Å². The van der Waals surface area contributed by atoms with Gasteiger partial charge in [0.15, 0.2) is 5.16 Å². The molecule has 0 bridgehead atoms. The van der Waals surface area contributed by atoms with Crippen molar-refractivity contribution < 1.29 is 28.5 Å². The van der Waals surface area contributed by atoms with E-state index in [1.54, 1.807) is 0 Å². The van der Waals surface area contributed by atoms with Crippen LogP contribution in [0.3, 0.4) is 0 Å². The molecule has 0 atom stereocenters. The molecule has 0 saturated carbocycles. The van der Waals surface area contributed by atoms with E-state index in [2.05, 4.69) is 36.1 Å². The molecule has 0 amide bonds. The fraction of sp³-hybridized carbons (Fsp3) is 0.455. The van der Waals surface area contributed by atoms with Crippen LogP contribution in [0, 0.1) is 0 Å². The van der Waals surface area contributed by atoms with Crippen LogP contribution in [0.4, 0.5) is 0 Å². The Balaban J connectivity index is 0.00000162. The van der Waals surface area contributed by atoms with Crippen molar-refractivity contribution in [2.75, 3.05) is 27.4 Å². The summed E-state index contributed by atoms with van der Waals surface area (Å²) in [5, 5.41) is 1.32. The van der Waals surface area contributed by atoms with Gasteiger partial charge < -0.3 is 38.4 Å². The third-order valence-corrected chi connectivity index (χ3v) is 3.02. The normalized spacial score (nSPS) is 11.6. The molecule has 18 heavy (non-hydrogen) atoms. The van der Waals surface area contributed by atoms with Crippen molar-refractivity contribution in [2.24, 2.45) is 0 Å². The van der Waals surface area contributed by atoms with E-state index < -0.39 is 0 Å². The molecule has 0 aliphatic carbocycles. The van der Waals surface area contributed by atoms with Crippen LogP contribution in [0.5, 0.6) is 0 Å². The molecule has 0 radical (unpaired) electrons. The van der Waals surface area contributed by atoms with Crippen molar-refractivity contribution in [3.8, 4) is 0 Å². The number of rotatable bonds is 3. The molecule has 5 nitrogen and oxygen atoms in total. The van der Waals surface area contributed by atoms with Gasteiger partial charge in [0.1, 0.15) is 12.2 Å². The molecule has 2 rings (SSSR count). The number of hydrogen-bond donors (Lipinski definition) is 2. The van der Waals surface area contributed by atoms with Crippen molar-refractivity contribution in [3.63, 3.8) is 0 Å². The van der Waals surface area contributed by atoms with Gasteiger partial charge in [0.05, 0.1) is 26.5 Å². The summed E-state index contributed by atoms with van der Waals surface area (Å²) < 4.78 is 0.774. The van der Waals surface area contributed by atoms with E-state index in [1.165, 1.54) is 11.8 Å². The highest BCUT2D eigenvalue weighted by Gasteiger charge is 2.16. The van der Waals surface area contributed by atoms with E-state index >= 15 is 0 Å². The maximum Gasteiger partial charge on any atom is 0.261 e. The average Bonchev–Trinajstić information content (AvgIpc) is 2.59. The Morgan fingerprint density at radius 3 is 2.61 bits per heavy atom. The molecule has 2 aromatic heterocycles. The first-order chi connectivity index (χ1) is 7.90. The van der Waals surface area contributed by atoms with Crippen molar-refractivity contribution in [3.05, 3.63) is 22.1 Å². The SMILES string of the molecule is CSc1nc2[nH]cc(C[N+](C)(C)C)c2c(=O)[nH]1.[I-]. The molecule has 2 aromatic rings.